The van der Waals surface area contributed by atoms with Gasteiger partial charge in [0.25, 0.3) is 0 Å². The second-order valence-corrected chi connectivity index (χ2v) is 4.30. The first-order valence-electron chi connectivity index (χ1n) is 5.67. The number of aryl methyl sites for hydroxylation is 1. The number of rotatable bonds is 3. The van der Waals surface area contributed by atoms with Crippen molar-refractivity contribution in [3.8, 4) is 0 Å². The minimum absolute atomic E-state index is 0.181. The summed E-state index contributed by atoms with van der Waals surface area (Å²) in [6, 6.07) is 5.99. The molecule has 1 aromatic heterocycles. The van der Waals surface area contributed by atoms with Crippen LogP contribution in [0.5, 0.6) is 0 Å². The molecule has 1 fully saturated rings. The smallest absolute Gasteiger partial charge is 0.195 e. The summed E-state index contributed by atoms with van der Waals surface area (Å²) in [7, 11) is 0. The molecule has 1 aromatic carbocycles. The maximum atomic E-state index is 10.7. The van der Waals surface area contributed by atoms with Gasteiger partial charge in [-0.3, -0.25) is 0 Å². The summed E-state index contributed by atoms with van der Waals surface area (Å²) >= 11 is 0. The number of benzene rings is 1. The highest BCUT2D eigenvalue weighted by atomic mass is 16.3. The van der Waals surface area contributed by atoms with Gasteiger partial charge in [-0.15, -0.1) is 0 Å². The lowest BCUT2D eigenvalue weighted by molar-refractivity contribution is -0.108. The minimum Gasteiger partial charge on any atom is -0.440 e. The number of hydrogen-bond acceptors (Lipinski definition) is 3. The van der Waals surface area contributed by atoms with Crippen molar-refractivity contribution in [2.45, 2.75) is 25.7 Å². The Labute approximate surface area is 93.5 Å². The third-order valence-corrected chi connectivity index (χ3v) is 3.21. The van der Waals surface area contributed by atoms with E-state index < -0.39 is 0 Å². The van der Waals surface area contributed by atoms with Crippen LogP contribution in [0.2, 0.25) is 0 Å². The standard InChI is InChI=1S/C13H13NO2/c1-2-12-14-11-5-3-4-9(13(11)16-12)10-6-8(10)7-15/h3-5,7-8,10H,2,6H2,1H3/t8-,10+/m0/s1. The Bertz CT molecular complexity index is 544. The highest BCUT2D eigenvalue weighted by Crippen LogP contribution is 2.48. The molecule has 82 valence electrons. The van der Waals surface area contributed by atoms with Gasteiger partial charge in [0.2, 0.25) is 0 Å². The Morgan fingerprint density at radius 1 is 1.56 bits per heavy atom. The Kier molecular flexibility index (Phi) is 2.06. The van der Waals surface area contributed by atoms with E-state index >= 15 is 0 Å². The fraction of sp³-hybridized carbons (Fsp3) is 0.385. The summed E-state index contributed by atoms with van der Waals surface area (Å²) in [5, 5.41) is 0. The number of carbonyl (C=O) groups excluding carboxylic acids is 1. The number of aldehydes is 1. The Morgan fingerprint density at radius 3 is 3.12 bits per heavy atom. The summed E-state index contributed by atoms with van der Waals surface area (Å²) in [5.41, 5.74) is 2.92. The predicted octanol–water partition coefficient (Wildman–Crippen LogP) is 2.69. The SMILES string of the molecule is CCc1nc2cccc([C@@H]3C[C@H]3C=O)c2o1. The van der Waals surface area contributed by atoms with Crippen molar-refractivity contribution >= 4 is 17.4 Å². The summed E-state index contributed by atoms with van der Waals surface area (Å²) in [4.78, 5) is 15.1. The van der Waals surface area contributed by atoms with E-state index in [1.54, 1.807) is 0 Å². The summed E-state index contributed by atoms with van der Waals surface area (Å²) in [6.45, 7) is 2.02. The first-order valence-corrected chi connectivity index (χ1v) is 5.67. The predicted molar refractivity (Wildman–Crippen MR) is 60.3 cm³/mol. The fourth-order valence-electron chi connectivity index (χ4n) is 2.18. The molecule has 2 atom stereocenters. The van der Waals surface area contributed by atoms with Crippen molar-refractivity contribution in [2.75, 3.05) is 0 Å². The van der Waals surface area contributed by atoms with Crippen LogP contribution in [0.1, 0.15) is 30.7 Å². The van der Waals surface area contributed by atoms with Gasteiger partial charge in [0.15, 0.2) is 11.5 Å². The van der Waals surface area contributed by atoms with Crippen LogP contribution in [-0.2, 0) is 11.2 Å². The third kappa shape index (κ3) is 1.35. The maximum Gasteiger partial charge on any atom is 0.195 e. The molecule has 0 aliphatic heterocycles. The minimum atomic E-state index is 0.181. The molecule has 1 aliphatic rings. The van der Waals surface area contributed by atoms with Gasteiger partial charge in [0, 0.05) is 17.9 Å². The summed E-state index contributed by atoms with van der Waals surface area (Å²) in [5.74, 6) is 1.30. The van der Waals surface area contributed by atoms with E-state index in [4.69, 9.17) is 4.42 Å². The van der Waals surface area contributed by atoms with Crippen molar-refractivity contribution in [3.63, 3.8) is 0 Å². The summed E-state index contributed by atoms with van der Waals surface area (Å²) < 4.78 is 5.72. The second kappa shape index (κ2) is 3.44. The Morgan fingerprint density at radius 2 is 2.44 bits per heavy atom. The van der Waals surface area contributed by atoms with E-state index in [0.29, 0.717) is 5.92 Å². The van der Waals surface area contributed by atoms with Crippen molar-refractivity contribution in [2.24, 2.45) is 5.92 Å². The molecule has 0 radical (unpaired) electrons. The van der Waals surface area contributed by atoms with Gasteiger partial charge in [0.1, 0.15) is 11.8 Å². The average molecular weight is 215 g/mol. The molecule has 1 saturated carbocycles. The zero-order valence-corrected chi connectivity index (χ0v) is 9.14. The fourth-order valence-corrected chi connectivity index (χ4v) is 2.18. The van der Waals surface area contributed by atoms with Crippen molar-refractivity contribution in [1.29, 1.82) is 0 Å². The van der Waals surface area contributed by atoms with E-state index in [1.165, 1.54) is 0 Å². The van der Waals surface area contributed by atoms with E-state index in [2.05, 4.69) is 4.98 Å². The zero-order valence-electron chi connectivity index (χ0n) is 9.14. The third-order valence-electron chi connectivity index (χ3n) is 3.21. The number of para-hydroxylation sites is 1. The Balaban J connectivity index is 2.10. The van der Waals surface area contributed by atoms with Gasteiger partial charge in [-0.2, -0.15) is 0 Å². The van der Waals surface area contributed by atoms with E-state index in [-0.39, 0.29) is 5.92 Å². The second-order valence-electron chi connectivity index (χ2n) is 4.30. The van der Waals surface area contributed by atoms with Crippen molar-refractivity contribution in [3.05, 3.63) is 29.7 Å². The van der Waals surface area contributed by atoms with Gasteiger partial charge in [-0.25, -0.2) is 4.98 Å². The molecule has 0 N–H and O–H groups in total. The molecule has 0 amide bonds. The van der Waals surface area contributed by atoms with Crippen LogP contribution in [0.15, 0.2) is 22.6 Å². The monoisotopic (exact) mass is 215 g/mol. The topological polar surface area (TPSA) is 43.1 Å². The van der Waals surface area contributed by atoms with Crippen LogP contribution in [0.25, 0.3) is 11.1 Å². The van der Waals surface area contributed by atoms with Crippen LogP contribution in [0.4, 0.5) is 0 Å². The van der Waals surface area contributed by atoms with Gasteiger partial charge in [-0.1, -0.05) is 19.1 Å². The van der Waals surface area contributed by atoms with Crippen molar-refractivity contribution < 1.29 is 9.21 Å². The van der Waals surface area contributed by atoms with Crippen LogP contribution in [-0.4, -0.2) is 11.3 Å². The van der Waals surface area contributed by atoms with Gasteiger partial charge in [0.05, 0.1) is 0 Å². The molecule has 0 saturated heterocycles. The van der Waals surface area contributed by atoms with Crippen LogP contribution in [0.3, 0.4) is 0 Å². The molecule has 3 nitrogen and oxygen atoms in total. The number of oxazole rings is 1. The van der Waals surface area contributed by atoms with Crippen LogP contribution < -0.4 is 0 Å². The number of hydrogen-bond donors (Lipinski definition) is 0. The molecule has 1 heterocycles. The van der Waals surface area contributed by atoms with Gasteiger partial charge >= 0.3 is 0 Å². The van der Waals surface area contributed by atoms with E-state index in [0.717, 1.165) is 41.7 Å². The number of carbonyl (C=O) groups is 1. The molecule has 2 aromatic rings. The highest BCUT2D eigenvalue weighted by molar-refractivity contribution is 5.79. The molecular weight excluding hydrogens is 202 g/mol. The lowest BCUT2D eigenvalue weighted by Gasteiger charge is -1.97. The molecule has 16 heavy (non-hydrogen) atoms. The maximum absolute atomic E-state index is 10.7. The summed E-state index contributed by atoms with van der Waals surface area (Å²) in [6.07, 6.45) is 2.79. The van der Waals surface area contributed by atoms with Gasteiger partial charge < -0.3 is 9.21 Å². The molecule has 0 spiro atoms. The number of nitrogens with zero attached hydrogens (tertiary/aromatic N) is 1. The lowest BCUT2D eigenvalue weighted by atomic mass is 10.1. The molecule has 3 rings (SSSR count). The van der Waals surface area contributed by atoms with Gasteiger partial charge in [-0.05, 0) is 18.4 Å². The normalized spacial score (nSPS) is 23.6. The molecule has 3 heteroatoms. The quantitative estimate of drug-likeness (QED) is 0.739. The zero-order chi connectivity index (χ0) is 11.1. The first kappa shape index (κ1) is 9.58. The largest absolute Gasteiger partial charge is 0.440 e. The highest BCUT2D eigenvalue weighted by Gasteiger charge is 2.39. The molecule has 0 bridgehead atoms. The van der Waals surface area contributed by atoms with E-state index in [1.807, 2.05) is 25.1 Å². The lowest BCUT2D eigenvalue weighted by Crippen LogP contribution is -1.85. The molecular formula is C13H13NO2. The number of fused-ring (bicyclic) bond motifs is 1. The Hall–Kier alpha value is -1.64. The average Bonchev–Trinajstić information content (AvgIpc) is 2.98. The first-order chi connectivity index (χ1) is 7.83. The molecule has 0 unspecified atom stereocenters. The van der Waals surface area contributed by atoms with Crippen molar-refractivity contribution in [1.82, 2.24) is 4.98 Å². The van der Waals surface area contributed by atoms with E-state index in [9.17, 15) is 4.79 Å². The molecule has 1 aliphatic carbocycles. The van der Waals surface area contributed by atoms with Crippen LogP contribution in [0, 0.1) is 5.92 Å². The van der Waals surface area contributed by atoms with Crippen LogP contribution >= 0.6 is 0 Å². The number of aromatic nitrogens is 1.